The van der Waals surface area contributed by atoms with E-state index in [0.29, 0.717) is 0 Å². The van der Waals surface area contributed by atoms with Gasteiger partial charge in [0.2, 0.25) is 0 Å². The number of hydrogen-bond donors (Lipinski definition) is 0. The van der Waals surface area contributed by atoms with Crippen LogP contribution in [0.3, 0.4) is 0 Å². The third-order valence-corrected chi connectivity index (χ3v) is 9.09. The fraction of sp³-hybridized carbons (Fsp3) is 0.308. The first kappa shape index (κ1) is 22.7. The first-order valence-electron chi connectivity index (χ1n) is 10.5. The number of alkyl halides is 3. The molecule has 0 spiro atoms. The highest BCUT2D eigenvalue weighted by molar-refractivity contribution is 7.68. The first-order chi connectivity index (χ1) is 15.0. The van der Waals surface area contributed by atoms with Crippen LogP contribution in [0.5, 0.6) is 5.75 Å². The summed E-state index contributed by atoms with van der Waals surface area (Å²) >= 11 is 0. The Morgan fingerprint density at radius 2 is 1.56 bits per heavy atom. The minimum absolute atomic E-state index is 0.0246. The van der Waals surface area contributed by atoms with Crippen LogP contribution in [0.4, 0.5) is 24.5 Å². The molecular formula is C26H27F3NOP. The molecule has 0 aromatic heterocycles. The van der Waals surface area contributed by atoms with Gasteiger partial charge in [0, 0.05) is 28.5 Å². The SMILES string of the molecule is COc1cccc(C)c1-c1cccc2c1P(C(C)(C)C)CN2c1ccc(C(F)(F)F)cc1. The Hall–Kier alpha value is -2.52. The molecule has 3 aromatic carbocycles. The predicted molar refractivity (Wildman–Crippen MR) is 128 cm³/mol. The van der Waals surface area contributed by atoms with Crippen molar-refractivity contribution in [2.75, 3.05) is 18.3 Å². The molecule has 1 heterocycles. The van der Waals surface area contributed by atoms with E-state index in [1.165, 1.54) is 17.4 Å². The minimum atomic E-state index is -4.34. The highest BCUT2D eigenvalue weighted by atomic mass is 31.1. The van der Waals surface area contributed by atoms with Crippen LogP contribution >= 0.6 is 7.92 Å². The number of fused-ring (bicyclic) bond motifs is 1. The third kappa shape index (κ3) is 3.99. The normalized spacial score (nSPS) is 16.2. The summed E-state index contributed by atoms with van der Waals surface area (Å²) < 4.78 is 44.9. The van der Waals surface area contributed by atoms with E-state index in [1.807, 2.05) is 18.2 Å². The second-order valence-corrected chi connectivity index (χ2v) is 12.0. The summed E-state index contributed by atoms with van der Waals surface area (Å²) in [6.07, 6.45) is -3.57. The molecule has 32 heavy (non-hydrogen) atoms. The number of anilines is 2. The van der Waals surface area contributed by atoms with Crippen LogP contribution < -0.4 is 14.9 Å². The zero-order chi connectivity index (χ0) is 23.3. The lowest BCUT2D eigenvalue weighted by Gasteiger charge is -2.30. The molecule has 0 saturated heterocycles. The van der Waals surface area contributed by atoms with Crippen molar-refractivity contribution >= 4 is 24.6 Å². The van der Waals surface area contributed by atoms with Crippen molar-refractivity contribution in [1.82, 2.24) is 0 Å². The molecule has 0 bridgehead atoms. The molecule has 0 fully saturated rings. The van der Waals surface area contributed by atoms with E-state index in [-0.39, 0.29) is 5.16 Å². The van der Waals surface area contributed by atoms with Gasteiger partial charge in [-0.3, -0.25) is 0 Å². The number of methoxy groups -OCH3 is 1. The molecule has 0 aliphatic carbocycles. The average Bonchev–Trinajstić information content (AvgIpc) is 3.13. The second kappa shape index (κ2) is 8.12. The quantitative estimate of drug-likeness (QED) is 0.374. The van der Waals surface area contributed by atoms with Gasteiger partial charge in [0.1, 0.15) is 5.75 Å². The lowest BCUT2D eigenvalue weighted by Crippen LogP contribution is -2.20. The lowest BCUT2D eigenvalue weighted by atomic mass is 9.98. The summed E-state index contributed by atoms with van der Waals surface area (Å²) in [5.41, 5.74) is 4.58. The lowest BCUT2D eigenvalue weighted by molar-refractivity contribution is -0.137. The summed E-state index contributed by atoms with van der Waals surface area (Å²) in [5.74, 6) is 0.829. The summed E-state index contributed by atoms with van der Waals surface area (Å²) in [4.78, 5) is 2.17. The molecule has 1 atom stereocenters. The zero-order valence-corrected chi connectivity index (χ0v) is 19.8. The van der Waals surface area contributed by atoms with Crippen molar-refractivity contribution in [3.8, 4) is 16.9 Å². The molecule has 0 N–H and O–H groups in total. The topological polar surface area (TPSA) is 12.5 Å². The first-order valence-corrected chi connectivity index (χ1v) is 12.0. The molecule has 4 rings (SSSR count). The van der Waals surface area contributed by atoms with Gasteiger partial charge in [0.15, 0.2) is 0 Å². The van der Waals surface area contributed by atoms with Crippen LogP contribution in [0.2, 0.25) is 0 Å². The Morgan fingerprint density at radius 1 is 0.906 bits per heavy atom. The van der Waals surface area contributed by atoms with E-state index in [4.69, 9.17) is 4.74 Å². The van der Waals surface area contributed by atoms with Crippen LogP contribution in [0.1, 0.15) is 31.9 Å². The van der Waals surface area contributed by atoms with Gasteiger partial charge in [-0.05, 0) is 67.5 Å². The molecular weight excluding hydrogens is 430 g/mol. The van der Waals surface area contributed by atoms with Crippen LogP contribution in [-0.2, 0) is 6.18 Å². The second-order valence-electron chi connectivity index (χ2n) is 9.04. The van der Waals surface area contributed by atoms with Crippen molar-refractivity contribution in [2.45, 2.75) is 39.0 Å². The summed E-state index contributed by atoms with van der Waals surface area (Å²) in [5, 5.41) is 1.30. The Kier molecular flexibility index (Phi) is 5.75. The standard InChI is InChI=1S/C26H27F3NOP/c1-17-8-6-11-22(31-5)23(17)20-9-7-10-21-24(20)32(25(2,3)4)16-30(21)19-14-12-18(13-15-19)26(27,28)29/h6-15H,16H2,1-5H3. The van der Waals surface area contributed by atoms with Gasteiger partial charge in [0.05, 0.1) is 12.7 Å². The number of hydrogen-bond acceptors (Lipinski definition) is 2. The molecule has 0 radical (unpaired) electrons. The fourth-order valence-electron chi connectivity index (χ4n) is 4.28. The van der Waals surface area contributed by atoms with Crippen molar-refractivity contribution in [2.24, 2.45) is 0 Å². The maximum atomic E-state index is 13.1. The van der Waals surface area contributed by atoms with Gasteiger partial charge in [-0.1, -0.05) is 45.0 Å². The van der Waals surface area contributed by atoms with Crippen molar-refractivity contribution in [3.05, 3.63) is 71.8 Å². The van der Waals surface area contributed by atoms with Crippen LogP contribution in [0.25, 0.3) is 11.1 Å². The maximum Gasteiger partial charge on any atom is 0.416 e. The number of aryl methyl sites for hydroxylation is 1. The highest BCUT2D eigenvalue weighted by Gasteiger charge is 2.39. The summed E-state index contributed by atoms with van der Waals surface area (Å²) in [6.45, 7) is 8.80. The van der Waals surface area contributed by atoms with Crippen LogP contribution in [0, 0.1) is 6.92 Å². The van der Waals surface area contributed by atoms with Crippen molar-refractivity contribution < 1.29 is 17.9 Å². The van der Waals surface area contributed by atoms with E-state index in [9.17, 15) is 13.2 Å². The largest absolute Gasteiger partial charge is 0.496 e. The van der Waals surface area contributed by atoms with E-state index < -0.39 is 19.7 Å². The molecule has 0 saturated carbocycles. The molecule has 168 valence electrons. The van der Waals surface area contributed by atoms with Gasteiger partial charge < -0.3 is 9.64 Å². The number of benzene rings is 3. The van der Waals surface area contributed by atoms with E-state index >= 15 is 0 Å². The Bertz CT molecular complexity index is 1130. The molecule has 1 unspecified atom stereocenters. The molecule has 3 aromatic rings. The maximum absolute atomic E-state index is 13.1. The van der Waals surface area contributed by atoms with Crippen LogP contribution in [-0.4, -0.2) is 18.6 Å². The smallest absolute Gasteiger partial charge is 0.416 e. The number of halogens is 3. The van der Waals surface area contributed by atoms with Crippen molar-refractivity contribution in [3.63, 3.8) is 0 Å². The summed E-state index contributed by atoms with van der Waals surface area (Å²) in [6, 6.07) is 17.8. The zero-order valence-electron chi connectivity index (χ0n) is 18.9. The number of ether oxygens (including phenoxy) is 1. The van der Waals surface area contributed by atoms with Crippen molar-refractivity contribution in [1.29, 1.82) is 0 Å². The van der Waals surface area contributed by atoms with Gasteiger partial charge in [-0.25, -0.2) is 0 Å². The number of rotatable bonds is 3. The number of nitrogens with zero attached hydrogens (tertiary/aromatic N) is 1. The Labute approximate surface area is 188 Å². The molecule has 6 heteroatoms. The molecule has 1 aliphatic heterocycles. The van der Waals surface area contributed by atoms with E-state index in [1.54, 1.807) is 19.2 Å². The van der Waals surface area contributed by atoms with E-state index in [0.717, 1.165) is 40.1 Å². The van der Waals surface area contributed by atoms with Gasteiger partial charge in [0.25, 0.3) is 0 Å². The van der Waals surface area contributed by atoms with Gasteiger partial charge in [-0.2, -0.15) is 13.2 Å². The monoisotopic (exact) mass is 457 g/mol. The van der Waals surface area contributed by atoms with Gasteiger partial charge in [-0.15, -0.1) is 0 Å². The molecule has 1 aliphatic rings. The summed E-state index contributed by atoms with van der Waals surface area (Å²) in [7, 11) is 1.06. The minimum Gasteiger partial charge on any atom is -0.496 e. The Balaban J connectivity index is 1.90. The van der Waals surface area contributed by atoms with Gasteiger partial charge >= 0.3 is 6.18 Å². The third-order valence-electron chi connectivity index (χ3n) is 5.90. The fourth-order valence-corrected chi connectivity index (χ4v) is 7.06. The Morgan fingerprint density at radius 3 is 2.16 bits per heavy atom. The molecule has 2 nitrogen and oxygen atoms in total. The average molecular weight is 457 g/mol. The predicted octanol–water partition coefficient (Wildman–Crippen LogP) is 7.70. The highest BCUT2D eigenvalue weighted by Crippen LogP contribution is 2.59. The molecule has 0 amide bonds. The van der Waals surface area contributed by atoms with Crippen LogP contribution in [0.15, 0.2) is 60.7 Å². The van der Waals surface area contributed by atoms with E-state index in [2.05, 4.69) is 50.8 Å².